The molecule has 3 nitrogen and oxygen atoms in total. The molecule has 1 aromatic carbocycles. The van der Waals surface area contributed by atoms with Gasteiger partial charge >= 0.3 is 0 Å². The van der Waals surface area contributed by atoms with E-state index in [1.54, 1.807) is 0 Å². The van der Waals surface area contributed by atoms with Crippen LogP contribution >= 0.6 is 0 Å². The Hall–Kier alpha value is -1.29. The van der Waals surface area contributed by atoms with Gasteiger partial charge in [-0.05, 0) is 31.8 Å². The summed E-state index contributed by atoms with van der Waals surface area (Å²) in [5.74, 6) is 0.693. The largest absolute Gasteiger partial charge is 0.534 e. The molecule has 0 fully saturated rings. The summed E-state index contributed by atoms with van der Waals surface area (Å²) in [5.41, 5.74) is 3.92. The van der Waals surface area contributed by atoms with Crippen LogP contribution < -0.4 is 5.43 Å². The number of para-hydroxylation sites is 1. The van der Waals surface area contributed by atoms with Crippen LogP contribution in [0.2, 0.25) is 19.6 Å². The molecule has 0 saturated heterocycles. The average molecular weight is 222 g/mol. The lowest BCUT2D eigenvalue weighted by Crippen LogP contribution is -2.28. The average Bonchev–Trinajstić information content (AvgIpc) is 2.14. The van der Waals surface area contributed by atoms with Gasteiger partial charge in [-0.2, -0.15) is 0 Å². The molecular weight excluding hydrogens is 204 g/mol. The van der Waals surface area contributed by atoms with E-state index in [2.05, 4.69) is 30.2 Å². The maximum Gasteiger partial charge on any atom is 0.243 e. The van der Waals surface area contributed by atoms with E-state index in [0.29, 0.717) is 5.90 Å². The van der Waals surface area contributed by atoms with E-state index in [1.165, 1.54) is 0 Å². The Balaban J connectivity index is 2.51. The molecule has 0 amide bonds. The van der Waals surface area contributed by atoms with Crippen LogP contribution in [-0.2, 0) is 4.43 Å². The Morgan fingerprint density at radius 1 is 1.20 bits per heavy atom. The Labute approximate surface area is 92.3 Å². The van der Waals surface area contributed by atoms with E-state index in [9.17, 15) is 0 Å². The lowest BCUT2D eigenvalue weighted by atomic mass is 10.3. The zero-order chi connectivity index (χ0) is 11.3. The minimum atomic E-state index is -1.53. The highest BCUT2D eigenvalue weighted by atomic mass is 28.4. The molecule has 15 heavy (non-hydrogen) atoms. The van der Waals surface area contributed by atoms with Gasteiger partial charge in [0.2, 0.25) is 8.32 Å². The standard InChI is InChI=1S/C11H18N2OSi/c1-10(14-15(2,3)4)12-13-11-8-6-5-7-9-11/h5-9,13H,1-4H3. The summed E-state index contributed by atoms with van der Waals surface area (Å²) in [7, 11) is -1.53. The molecule has 0 unspecified atom stereocenters. The number of hydrogen-bond donors (Lipinski definition) is 1. The molecule has 0 aromatic heterocycles. The smallest absolute Gasteiger partial charge is 0.243 e. The quantitative estimate of drug-likeness (QED) is 0.368. The van der Waals surface area contributed by atoms with Crippen LogP contribution in [0.4, 0.5) is 5.69 Å². The van der Waals surface area contributed by atoms with Gasteiger partial charge in [-0.15, -0.1) is 5.10 Å². The fourth-order valence-corrected chi connectivity index (χ4v) is 2.05. The van der Waals surface area contributed by atoms with Crippen molar-refractivity contribution in [3.63, 3.8) is 0 Å². The summed E-state index contributed by atoms with van der Waals surface area (Å²) in [4.78, 5) is 0. The Morgan fingerprint density at radius 3 is 2.33 bits per heavy atom. The van der Waals surface area contributed by atoms with E-state index in [-0.39, 0.29) is 0 Å². The monoisotopic (exact) mass is 222 g/mol. The predicted octanol–water partition coefficient (Wildman–Crippen LogP) is 3.28. The minimum absolute atomic E-state index is 0.693. The highest BCUT2D eigenvalue weighted by Gasteiger charge is 2.16. The van der Waals surface area contributed by atoms with Gasteiger partial charge in [0.15, 0.2) is 5.90 Å². The van der Waals surface area contributed by atoms with Gasteiger partial charge in [0.1, 0.15) is 0 Å². The van der Waals surface area contributed by atoms with Gasteiger partial charge in [-0.3, -0.25) is 5.43 Å². The number of nitrogens with one attached hydrogen (secondary N) is 1. The van der Waals surface area contributed by atoms with Crippen molar-refractivity contribution in [2.75, 3.05) is 5.43 Å². The van der Waals surface area contributed by atoms with Crippen molar-refractivity contribution in [2.24, 2.45) is 5.10 Å². The summed E-state index contributed by atoms with van der Waals surface area (Å²) >= 11 is 0. The van der Waals surface area contributed by atoms with Gasteiger partial charge in [0, 0.05) is 6.92 Å². The van der Waals surface area contributed by atoms with Crippen LogP contribution in [0, 0.1) is 0 Å². The summed E-state index contributed by atoms with van der Waals surface area (Å²) in [6, 6.07) is 9.83. The maximum atomic E-state index is 5.69. The van der Waals surface area contributed by atoms with E-state index in [4.69, 9.17) is 4.43 Å². The molecule has 0 bridgehead atoms. The second-order valence-corrected chi connectivity index (χ2v) is 8.75. The van der Waals surface area contributed by atoms with Crippen LogP contribution in [0.3, 0.4) is 0 Å². The maximum absolute atomic E-state index is 5.69. The summed E-state index contributed by atoms with van der Waals surface area (Å²) in [5, 5.41) is 4.16. The van der Waals surface area contributed by atoms with Gasteiger partial charge in [-0.25, -0.2) is 0 Å². The molecule has 4 heteroatoms. The Morgan fingerprint density at radius 2 is 1.80 bits per heavy atom. The van der Waals surface area contributed by atoms with Gasteiger partial charge in [-0.1, -0.05) is 18.2 Å². The first-order valence-electron chi connectivity index (χ1n) is 5.02. The summed E-state index contributed by atoms with van der Waals surface area (Å²) in [6.45, 7) is 8.27. The van der Waals surface area contributed by atoms with Crippen molar-refractivity contribution in [1.82, 2.24) is 0 Å². The number of hydrazone groups is 1. The number of benzene rings is 1. The zero-order valence-electron chi connectivity index (χ0n) is 9.74. The molecule has 0 aliphatic heterocycles. The topological polar surface area (TPSA) is 33.6 Å². The van der Waals surface area contributed by atoms with Crippen molar-refractivity contribution in [3.05, 3.63) is 30.3 Å². The molecule has 0 radical (unpaired) electrons. The van der Waals surface area contributed by atoms with Crippen molar-refractivity contribution in [3.8, 4) is 0 Å². The van der Waals surface area contributed by atoms with Crippen LogP contribution in [0.25, 0.3) is 0 Å². The molecule has 82 valence electrons. The van der Waals surface area contributed by atoms with Crippen LogP contribution in [0.1, 0.15) is 6.92 Å². The third kappa shape index (κ3) is 5.22. The number of anilines is 1. The van der Waals surface area contributed by atoms with Gasteiger partial charge < -0.3 is 4.43 Å². The molecule has 1 N–H and O–H groups in total. The molecule has 0 heterocycles. The van der Waals surface area contributed by atoms with Crippen molar-refractivity contribution in [1.29, 1.82) is 0 Å². The summed E-state index contributed by atoms with van der Waals surface area (Å²) in [6.07, 6.45) is 0. The highest BCUT2D eigenvalue weighted by molar-refractivity contribution is 6.71. The molecule has 0 aliphatic rings. The van der Waals surface area contributed by atoms with Gasteiger partial charge in [0.05, 0.1) is 5.69 Å². The minimum Gasteiger partial charge on any atom is -0.534 e. The Bertz CT molecular complexity index is 330. The second kappa shape index (κ2) is 4.98. The molecule has 0 atom stereocenters. The lowest BCUT2D eigenvalue weighted by Gasteiger charge is -2.18. The van der Waals surface area contributed by atoms with E-state index >= 15 is 0 Å². The second-order valence-electron chi connectivity index (χ2n) is 4.32. The number of nitrogens with zero attached hydrogens (tertiary/aromatic N) is 1. The first-order chi connectivity index (χ1) is 6.97. The first-order valence-corrected chi connectivity index (χ1v) is 8.42. The fraction of sp³-hybridized carbons (Fsp3) is 0.364. The fourth-order valence-electron chi connectivity index (χ4n) is 1.12. The molecule has 0 saturated carbocycles. The van der Waals surface area contributed by atoms with Crippen molar-refractivity contribution < 1.29 is 4.43 Å². The van der Waals surface area contributed by atoms with Crippen molar-refractivity contribution >= 4 is 19.9 Å². The highest BCUT2D eigenvalue weighted by Crippen LogP contribution is 2.06. The molecule has 0 aliphatic carbocycles. The van der Waals surface area contributed by atoms with Gasteiger partial charge in [0.25, 0.3) is 0 Å². The van der Waals surface area contributed by atoms with Crippen LogP contribution in [0.5, 0.6) is 0 Å². The number of rotatable bonds is 3. The molecule has 0 spiro atoms. The molecular formula is C11H18N2OSi. The normalized spacial score (nSPS) is 12.4. The van der Waals surface area contributed by atoms with Crippen LogP contribution in [0.15, 0.2) is 35.4 Å². The predicted molar refractivity (Wildman–Crippen MR) is 67.6 cm³/mol. The van der Waals surface area contributed by atoms with E-state index in [1.807, 2.05) is 37.3 Å². The lowest BCUT2D eigenvalue weighted by molar-refractivity contribution is 0.546. The number of hydrogen-bond acceptors (Lipinski definition) is 3. The zero-order valence-corrected chi connectivity index (χ0v) is 10.7. The SMILES string of the molecule is CC(=NNc1ccccc1)O[Si](C)(C)C. The summed E-state index contributed by atoms with van der Waals surface area (Å²) < 4.78 is 5.69. The van der Waals surface area contributed by atoms with E-state index in [0.717, 1.165) is 5.69 Å². The molecule has 1 rings (SSSR count). The first kappa shape index (κ1) is 11.8. The Kier molecular flexibility index (Phi) is 3.91. The van der Waals surface area contributed by atoms with E-state index < -0.39 is 8.32 Å². The molecule has 1 aromatic rings. The van der Waals surface area contributed by atoms with Crippen LogP contribution in [-0.4, -0.2) is 14.2 Å². The third-order valence-corrected chi connectivity index (χ3v) is 2.48. The van der Waals surface area contributed by atoms with Crippen molar-refractivity contribution in [2.45, 2.75) is 26.6 Å². The third-order valence-electron chi connectivity index (χ3n) is 1.57.